The lowest BCUT2D eigenvalue weighted by atomic mass is 10.4. The molecular weight excluding hydrogens is 173 g/mol. The van der Waals surface area contributed by atoms with Crippen molar-refractivity contribution >= 4 is 5.69 Å². The van der Waals surface area contributed by atoms with Crippen LogP contribution < -0.4 is 10.5 Å². The van der Waals surface area contributed by atoms with E-state index in [1.54, 1.807) is 0 Å². The Morgan fingerprint density at radius 1 is 1.62 bits per heavy atom. The highest BCUT2D eigenvalue weighted by Crippen LogP contribution is 2.16. The number of nitrogen functional groups attached to an aromatic ring is 1. The molecule has 0 spiro atoms. The third-order valence-corrected chi connectivity index (χ3v) is 1.49. The van der Waals surface area contributed by atoms with Gasteiger partial charge in [-0.15, -0.1) is 0 Å². The zero-order valence-corrected chi connectivity index (χ0v) is 7.46. The van der Waals surface area contributed by atoms with Gasteiger partial charge in [0.1, 0.15) is 5.69 Å². The molecule has 0 atom stereocenters. The molecule has 72 valence electrons. The van der Waals surface area contributed by atoms with Crippen LogP contribution in [0.1, 0.15) is 19.8 Å². The SMILES string of the molecule is CCCCOc1nc(F)ncc1N. The highest BCUT2D eigenvalue weighted by atomic mass is 19.1. The van der Waals surface area contributed by atoms with Crippen molar-refractivity contribution in [2.75, 3.05) is 12.3 Å². The Balaban J connectivity index is 2.59. The summed E-state index contributed by atoms with van der Waals surface area (Å²) in [5, 5.41) is 0. The van der Waals surface area contributed by atoms with E-state index in [2.05, 4.69) is 9.97 Å². The standard InChI is InChI=1S/C8H12FN3O/c1-2-3-4-13-7-6(10)5-11-8(9)12-7/h5H,2-4,10H2,1H3. The maximum atomic E-state index is 12.5. The first-order valence-electron chi connectivity index (χ1n) is 4.15. The molecule has 1 rings (SSSR count). The first kappa shape index (κ1) is 9.70. The lowest BCUT2D eigenvalue weighted by Crippen LogP contribution is -2.04. The molecule has 1 aromatic heterocycles. The molecule has 0 saturated carbocycles. The Morgan fingerprint density at radius 2 is 2.38 bits per heavy atom. The number of halogens is 1. The van der Waals surface area contributed by atoms with Crippen molar-refractivity contribution in [1.82, 2.24) is 9.97 Å². The summed E-state index contributed by atoms with van der Waals surface area (Å²) in [6, 6.07) is 0. The van der Waals surface area contributed by atoms with Crippen LogP contribution in [0.4, 0.5) is 10.1 Å². The van der Waals surface area contributed by atoms with Gasteiger partial charge in [0.05, 0.1) is 12.8 Å². The van der Waals surface area contributed by atoms with Gasteiger partial charge in [-0.05, 0) is 6.42 Å². The minimum absolute atomic E-state index is 0.126. The zero-order chi connectivity index (χ0) is 9.68. The second-order valence-electron chi connectivity index (χ2n) is 2.60. The number of rotatable bonds is 4. The molecule has 0 fully saturated rings. The second-order valence-corrected chi connectivity index (χ2v) is 2.60. The quantitative estimate of drug-likeness (QED) is 0.568. The second kappa shape index (κ2) is 4.59. The van der Waals surface area contributed by atoms with Gasteiger partial charge in [-0.3, -0.25) is 0 Å². The van der Waals surface area contributed by atoms with Gasteiger partial charge >= 0.3 is 6.08 Å². The molecule has 1 heterocycles. The monoisotopic (exact) mass is 185 g/mol. The van der Waals surface area contributed by atoms with Crippen LogP contribution in [-0.2, 0) is 0 Å². The molecule has 0 aliphatic carbocycles. The van der Waals surface area contributed by atoms with Crippen LogP contribution >= 0.6 is 0 Å². The van der Waals surface area contributed by atoms with E-state index in [-0.39, 0.29) is 11.6 Å². The van der Waals surface area contributed by atoms with E-state index in [0.717, 1.165) is 12.8 Å². The Morgan fingerprint density at radius 3 is 3.08 bits per heavy atom. The van der Waals surface area contributed by atoms with Gasteiger partial charge in [0.25, 0.3) is 0 Å². The van der Waals surface area contributed by atoms with Gasteiger partial charge in [0, 0.05) is 0 Å². The van der Waals surface area contributed by atoms with Crippen LogP contribution in [0.5, 0.6) is 5.88 Å². The summed E-state index contributed by atoms with van der Waals surface area (Å²) >= 11 is 0. The van der Waals surface area contributed by atoms with Crippen LogP contribution in [0.25, 0.3) is 0 Å². The first-order valence-corrected chi connectivity index (χ1v) is 4.15. The molecule has 13 heavy (non-hydrogen) atoms. The van der Waals surface area contributed by atoms with Crippen LogP contribution in [0, 0.1) is 6.08 Å². The number of hydrogen-bond acceptors (Lipinski definition) is 4. The number of nitrogens with two attached hydrogens (primary N) is 1. The highest BCUT2D eigenvalue weighted by Gasteiger charge is 2.04. The van der Waals surface area contributed by atoms with Gasteiger partial charge < -0.3 is 10.5 Å². The van der Waals surface area contributed by atoms with Gasteiger partial charge in [0.2, 0.25) is 5.88 Å². The lowest BCUT2D eigenvalue weighted by molar-refractivity contribution is 0.293. The number of ether oxygens (including phenoxy) is 1. The van der Waals surface area contributed by atoms with E-state index >= 15 is 0 Å². The summed E-state index contributed by atoms with van der Waals surface area (Å²) in [4.78, 5) is 6.70. The largest absolute Gasteiger partial charge is 0.476 e. The molecular formula is C8H12FN3O. The molecule has 5 heteroatoms. The number of anilines is 1. The molecule has 0 saturated heterocycles. The molecule has 0 aliphatic rings. The van der Waals surface area contributed by atoms with E-state index in [4.69, 9.17) is 10.5 Å². The third-order valence-electron chi connectivity index (χ3n) is 1.49. The van der Waals surface area contributed by atoms with Crippen molar-refractivity contribution in [1.29, 1.82) is 0 Å². The fourth-order valence-electron chi connectivity index (χ4n) is 0.784. The molecule has 0 amide bonds. The van der Waals surface area contributed by atoms with Crippen LogP contribution in [-0.4, -0.2) is 16.6 Å². The number of aromatic nitrogens is 2. The Labute approximate surface area is 75.9 Å². The van der Waals surface area contributed by atoms with Crippen LogP contribution in [0.3, 0.4) is 0 Å². The molecule has 0 radical (unpaired) electrons. The topological polar surface area (TPSA) is 61.0 Å². The minimum atomic E-state index is -0.819. The summed E-state index contributed by atoms with van der Waals surface area (Å²) in [5.41, 5.74) is 5.72. The van der Waals surface area contributed by atoms with Crippen molar-refractivity contribution in [2.24, 2.45) is 0 Å². The van der Waals surface area contributed by atoms with Crippen molar-refractivity contribution in [3.05, 3.63) is 12.3 Å². The maximum absolute atomic E-state index is 12.5. The Kier molecular flexibility index (Phi) is 3.42. The molecule has 0 aromatic carbocycles. The number of nitrogens with zero attached hydrogens (tertiary/aromatic N) is 2. The fourth-order valence-corrected chi connectivity index (χ4v) is 0.784. The van der Waals surface area contributed by atoms with Crippen molar-refractivity contribution in [3.8, 4) is 5.88 Å². The molecule has 2 N–H and O–H groups in total. The summed E-state index contributed by atoms with van der Waals surface area (Å²) in [7, 11) is 0. The summed E-state index contributed by atoms with van der Waals surface area (Å²) in [6.45, 7) is 2.53. The van der Waals surface area contributed by atoms with E-state index in [1.807, 2.05) is 6.92 Å². The lowest BCUT2D eigenvalue weighted by Gasteiger charge is -2.05. The Bertz CT molecular complexity index is 280. The number of hydrogen-bond donors (Lipinski definition) is 1. The van der Waals surface area contributed by atoms with Gasteiger partial charge in [-0.25, -0.2) is 4.98 Å². The molecule has 1 aromatic rings. The molecule has 0 bridgehead atoms. The van der Waals surface area contributed by atoms with Gasteiger partial charge in [0.15, 0.2) is 0 Å². The fraction of sp³-hybridized carbons (Fsp3) is 0.500. The summed E-state index contributed by atoms with van der Waals surface area (Å²) in [6.07, 6.45) is 2.28. The molecule has 0 aliphatic heterocycles. The highest BCUT2D eigenvalue weighted by molar-refractivity contribution is 5.44. The third kappa shape index (κ3) is 2.85. The smallest absolute Gasteiger partial charge is 0.311 e. The van der Waals surface area contributed by atoms with Crippen molar-refractivity contribution < 1.29 is 9.13 Å². The van der Waals surface area contributed by atoms with E-state index in [0.29, 0.717) is 6.61 Å². The number of unbranched alkanes of at least 4 members (excludes halogenated alkanes) is 1. The average molecular weight is 185 g/mol. The van der Waals surface area contributed by atoms with E-state index in [1.165, 1.54) is 6.20 Å². The first-order chi connectivity index (χ1) is 6.24. The maximum Gasteiger partial charge on any atom is 0.311 e. The van der Waals surface area contributed by atoms with Crippen molar-refractivity contribution in [2.45, 2.75) is 19.8 Å². The van der Waals surface area contributed by atoms with Gasteiger partial charge in [-0.2, -0.15) is 9.37 Å². The zero-order valence-electron chi connectivity index (χ0n) is 7.46. The van der Waals surface area contributed by atoms with Crippen LogP contribution in [0.15, 0.2) is 6.20 Å². The molecule has 0 unspecified atom stereocenters. The predicted molar refractivity (Wildman–Crippen MR) is 46.8 cm³/mol. The van der Waals surface area contributed by atoms with E-state index in [9.17, 15) is 4.39 Å². The predicted octanol–water partition coefficient (Wildman–Crippen LogP) is 1.38. The van der Waals surface area contributed by atoms with Crippen LogP contribution in [0.2, 0.25) is 0 Å². The van der Waals surface area contributed by atoms with Crippen molar-refractivity contribution in [3.63, 3.8) is 0 Å². The molecule has 4 nitrogen and oxygen atoms in total. The Hall–Kier alpha value is -1.39. The summed E-state index contributed by atoms with van der Waals surface area (Å²) < 4.78 is 17.6. The summed E-state index contributed by atoms with van der Waals surface area (Å²) in [5.74, 6) is 0.126. The van der Waals surface area contributed by atoms with E-state index < -0.39 is 6.08 Å². The normalized spacial score (nSPS) is 10.0. The average Bonchev–Trinajstić information content (AvgIpc) is 2.11. The van der Waals surface area contributed by atoms with Gasteiger partial charge in [-0.1, -0.05) is 13.3 Å². The minimum Gasteiger partial charge on any atom is -0.476 e.